The van der Waals surface area contributed by atoms with Crippen LogP contribution in [0.25, 0.3) is 10.4 Å². The molecule has 0 aromatic heterocycles. The Morgan fingerprint density at radius 2 is 1.94 bits per heavy atom. The van der Waals surface area contributed by atoms with E-state index in [9.17, 15) is 13.6 Å². The highest BCUT2D eigenvalue weighted by atomic mass is 19.2. The Labute approximate surface area is 95.4 Å². The monoisotopic (exact) mass is 230 g/mol. The van der Waals surface area contributed by atoms with E-state index in [2.05, 4.69) is 4.85 Å². The summed E-state index contributed by atoms with van der Waals surface area (Å²) in [5.74, 6) is -2.62. The van der Waals surface area contributed by atoms with E-state index in [0.29, 0.717) is 0 Å². The third-order valence-corrected chi connectivity index (χ3v) is 2.53. The Bertz CT molecular complexity index is 632. The molecule has 0 aliphatic heterocycles. The zero-order valence-corrected chi connectivity index (χ0v) is 8.42. The fourth-order valence-corrected chi connectivity index (χ4v) is 1.75. The van der Waals surface area contributed by atoms with Crippen LogP contribution >= 0.6 is 0 Å². The van der Waals surface area contributed by atoms with Gasteiger partial charge in [-0.1, -0.05) is 0 Å². The van der Waals surface area contributed by atoms with Crippen LogP contribution in [0.15, 0.2) is 17.8 Å². The SMILES string of the molecule is [C-]#[N+]/C(C#N)=C1/CC(=O)c2cc(F)c(F)cc21. The number of fused-ring (bicyclic) bond motifs is 1. The molecule has 1 aliphatic rings. The van der Waals surface area contributed by atoms with Crippen molar-refractivity contribution in [3.8, 4) is 6.07 Å². The van der Waals surface area contributed by atoms with E-state index in [4.69, 9.17) is 11.8 Å². The lowest BCUT2D eigenvalue weighted by atomic mass is 10.1. The van der Waals surface area contributed by atoms with Gasteiger partial charge < -0.3 is 0 Å². The van der Waals surface area contributed by atoms with Gasteiger partial charge in [0.25, 0.3) is 5.70 Å². The third-order valence-electron chi connectivity index (χ3n) is 2.53. The van der Waals surface area contributed by atoms with Crippen LogP contribution in [-0.2, 0) is 0 Å². The average molecular weight is 230 g/mol. The highest BCUT2D eigenvalue weighted by Gasteiger charge is 2.28. The molecular weight excluding hydrogens is 226 g/mol. The number of carbonyl (C=O) groups is 1. The number of benzene rings is 1. The normalized spacial score (nSPS) is 16.1. The molecule has 1 aromatic carbocycles. The van der Waals surface area contributed by atoms with E-state index in [1.807, 2.05) is 0 Å². The van der Waals surface area contributed by atoms with Gasteiger partial charge in [0.05, 0.1) is 12.6 Å². The molecule has 0 radical (unpaired) electrons. The molecule has 3 nitrogen and oxygen atoms in total. The molecule has 82 valence electrons. The summed E-state index contributed by atoms with van der Waals surface area (Å²) in [6.07, 6.45) is -0.163. The van der Waals surface area contributed by atoms with Crippen LogP contribution in [0.2, 0.25) is 0 Å². The maximum atomic E-state index is 13.1. The van der Waals surface area contributed by atoms with Gasteiger partial charge in [0, 0.05) is 12.0 Å². The van der Waals surface area contributed by atoms with E-state index in [-0.39, 0.29) is 28.8 Å². The van der Waals surface area contributed by atoms with Crippen LogP contribution in [0.5, 0.6) is 0 Å². The molecule has 0 saturated carbocycles. The standard InChI is InChI=1S/C12H4F2N2O/c1-16-11(5-15)7-4-12(17)8-3-10(14)9(13)2-6(7)8/h2-3H,4H2/b11-7-. The van der Waals surface area contributed by atoms with Crippen LogP contribution in [0, 0.1) is 29.5 Å². The fourth-order valence-electron chi connectivity index (χ4n) is 1.75. The molecule has 0 fully saturated rings. The number of ketones is 1. The summed E-state index contributed by atoms with van der Waals surface area (Å²) in [6, 6.07) is 3.31. The number of carbonyl (C=O) groups excluding carboxylic acids is 1. The van der Waals surface area contributed by atoms with Crippen LogP contribution in [0.3, 0.4) is 0 Å². The predicted molar refractivity (Wildman–Crippen MR) is 54.4 cm³/mol. The number of Topliss-reactive ketones (excluding diaryl/α,β-unsaturated/α-hetero) is 1. The summed E-state index contributed by atoms with van der Waals surface area (Å²) >= 11 is 0. The van der Waals surface area contributed by atoms with E-state index < -0.39 is 17.4 Å². The number of nitriles is 1. The van der Waals surface area contributed by atoms with E-state index >= 15 is 0 Å². The zero-order chi connectivity index (χ0) is 12.6. The summed E-state index contributed by atoms with van der Waals surface area (Å²) in [5.41, 5.74) is 0.0706. The van der Waals surface area contributed by atoms with Crippen molar-refractivity contribution < 1.29 is 13.6 Å². The van der Waals surface area contributed by atoms with Gasteiger partial charge >= 0.3 is 0 Å². The maximum absolute atomic E-state index is 13.1. The van der Waals surface area contributed by atoms with Gasteiger partial charge in [0.2, 0.25) is 0 Å². The highest BCUT2D eigenvalue weighted by molar-refractivity contribution is 6.12. The van der Waals surface area contributed by atoms with Crippen molar-refractivity contribution in [2.24, 2.45) is 0 Å². The first kappa shape index (κ1) is 11.0. The number of rotatable bonds is 0. The van der Waals surface area contributed by atoms with E-state index in [1.165, 1.54) is 0 Å². The molecule has 0 N–H and O–H groups in total. The van der Waals surface area contributed by atoms with Crippen LogP contribution in [-0.4, -0.2) is 5.78 Å². The lowest BCUT2D eigenvalue weighted by Gasteiger charge is -2.01. The molecule has 0 spiro atoms. The molecule has 0 amide bonds. The molecule has 0 saturated heterocycles. The average Bonchev–Trinajstić information content (AvgIpc) is 2.60. The minimum absolute atomic E-state index is 0.0234. The first-order valence-corrected chi connectivity index (χ1v) is 4.61. The van der Waals surface area contributed by atoms with Crippen LogP contribution in [0.4, 0.5) is 8.78 Å². The molecule has 0 bridgehead atoms. The van der Waals surface area contributed by atoms with E-state index in [1.54, 1.807) is 6.07 Å². The summed E-state index contributed by atoms with van der Waals surface area (Å²) < 4.78 is 26.0. The van der Waals surface area contributed by atoms with Crippen molar-refractivity contribution in [2.45, 2.75) is 6.42 Å². The first-order valence-electron chi connectivity index (χ1n) is 4.61. The van der Waals surface area contributed by atoms with Crippen molar-refractivity contribution in [1.82, 2.24) is 0 Å². The third kappa shape index (κ3) is 1.58. The van der Waals surface area contributed by atoms with Gasteiger partial charge in [-0.2, -0.15) is 0 Å². The maximum Gasteiger partial charge on any atom is 0.266 e. The lowest BCUT2D eigenvalue weighted by Crippen LogP contribution is -1.94. The molecule has 0 heterocycles. The van der Waals surface area contributed by atoms with Gasteiger partial charge in [-0.25, -0.2) is 18.9 Å². The Balaban J connectivity index is 2.77. The second-order valence-corrected chi connectivity index (χ2v) is 3.46. The summed E-state index contributed by atoms with van der Waals surface area (Å²) in [7, 11) is 0. The summed E-state index contributed by atoms with van der Waals surface area (Å²) in [5, 5.41) is 8.72. The van der Waals surface area contributed by atoms with Crippen LogP contribution in [0.1, 0.15) is 22.3 Å². The number of hydrogen-bond donors (Lipinski definition) is 0. The number of allylic oxidation sites excluding steroid dienone is 2. The number of halogens is 2. The first-order chi connectivity index (χ1) is 8.08. The van der Waals surface area contributed by atoms with Crippen molar-refractivity contribution >= 4 is 11.4 Å². The minimum Gasteiger partial charge on any atom is -0.294 e. The Hall–Kier alpha value is -2.53. The smallest absolute Gasteiger partial charge is 0.266 e. The Morgan fingerprint density at radius 1 is 1.35 bits per heavy atom. The van der Waals surface area contributed by atoms with Crippen molar-refractivity contribution in [3.05, 3.63) is 52.0 Å². The molecule has 0 atom stereocenters. The van der Waals surface area contributed by atoms with Crippen LogP contribution < -0.4 is 0 Å². The molecule has 5 heteroatoms. The molecule has 1 aliphatic carbocycles. The zero-order valence-electron chi connectivity index (χ0n) is 8.42. The second kappa shape index (κ2) is 3.80. The molecule has 2 rings (SSSR count). The lowest BCUT2D eigenvalue weighted by molar-refractivity contribution is 0.100. The van der Waals surface area contributed by atoms with Gasteiger partial charge in [-0.3, -0.25) is 4.79 Å². The van der Waals surface area contributed by atoms with Gasteiger partial charge in [-0.05, 0) is 23.3 Å². The molecule has 1 aromatic rings. The van der Waals surface area contributed by atoms with Crippen molar-refractivity contribution in [3.63, 3.8) is 0 Å². The summed E-state index contributed by atoms with van der Waals surface area (Å²) in [4.78, 5) is 14.5. The fraction of sp³-hybridized carbons (Fsp3) is 0.0833. The Kier molecular flexibility index (Phi) is 2.45. The van der Waals surface area contributed by atoms with Crippen molar-refractivity contribution in [2.75, 3.05) is 0 Å². The largest absolute Gasteiger partial charge is 0.294 e. The topological polar surface area (TPSA) is 45.2 Å². The quantitative estimate of drug-likeness (QED) is 0.508. The number of nitrogens with zero attached hydrogens (tertiary/aromatic N) is 2. The van der Waals surface area contributed by atoms with Gasteiger partial charge in [0.1, 0.15) is 0 Å². The van der Waals surface area contributed by atoms with Crippen molar-refractivity contribution in [1.29, 1.82) is 5.26 Å². The second-order valence-electron chi connectivity index (χ2n) is 3.46. The van der Waals surface area contributed by atoms with Gasteiger partial charge in [-0.15, -0.1) is 0 Å². The molecule has 17 heavy (non-hydrogen) atoms. The molecular formula is C12H4F2N2O. The Morgan fingerprint density at radius 3 is 2.47 bits per heavy atom. The number of hydrogen-bond acceptors (Lipinski definition) is 2. The molecule has 0 unspecified atom stereocenters. The summed E-state index contributed by atoms with van der Waals surface area (Å²) in [6.45, 7) is 6.79. The highest BCUT2D eigenvalue weighted by Crippen LogP contribution is 2.35. The minimum atomic E-state index is -1.11. The predicted octanol–water partition coefficient (Wildman–Crippen LogP) is 2.71. The van der Waals surface area contributed by atoms with E-state index in [0.717, 1.165) is 12.1 Å². The van der Waals surface area contributed by atoms with Gasteiger partial charge in [0.15, 0.2) is 17.4 Å².